The first kappa shape index (κ1) is 28.4. The monoisotopic (exact) mass is 563 g/mol. The molecule has 0 spiro atoms. The van der Waals surface area contributed by atoms with Gasteiger partial charge in [-0.2, -0.15) is 5.26 Å². The third-order valence-corrected chi connectivity index (χ3v) is 9.08. The van der Waals surface area contributed by atoms with Crippen molar-refractivity contribution in [2.24, 2.45) is 10.8 Å². The Labute approximate surface area is 241 Å². The number of nitrogens with zero attached hydrogens (tertiary/aromatic N) is 2. The number of hydrogen-bond donors (Lipinski definition) is 3. The number of amides is 2. The predicted molar refractivity (Wildman–Crippen MR) is 154 cm³/mol. The molecule has 0 unspecified atom stereocenters. The summed E-state index contributed by atoms with van der Waals surface area (Å²) >= 11 is 6.23. The van der Waals surface area contributed by atoms with Crippen LogP contribution in [-0.2, 0) is 6.54 Å². The normalized spacial score (nSPS) is 23.2. The first-order valence-electron chi connectivity index (χ1n) is 14.1. The lowest BCUT2D eigenvalue weighted by molar-refractivity contribution is -0.199. The van der Waals surface area contributed by atoms with Gasteiger partial charge in [0.15, 0.2) is 0 Å². The summed E-state index contributed by atoms with van der Waals surface area (Å²) in [5.41, 5.74) is 1.81. The fraction of sp³-hybridized carbons (Fsp3) is 0.516. The SMILES string of the molecule is CC1(C)[C@H](Oc2ccc(C#N)c(Cl)c2)C(C)(C)[C@H]1N1Cc2cc(C(=O)NCCNC3CCNCC3)ccc2C1=O. The van der Waals surface area contributed by atoms with E-state index in [9.17, 15) is 14.9 Å². The Morgan fingerprint density at radius 1 is 1.12 bits per heavy atom. The minimum Gasteiger partial charge on any atom is -0.489 e. The van der Waals surface area contributed by atoms with E-state index in [4.69, 9.17) is 16.3 Å². The Hall–Kier alpha value is -3.12. The number of nitriles is 1. The lowest BCUT2D eigenvalue weighted by atomic mass is 9.49. The molecule has 212 valence electrons. The number of nitrogens with one attached hydrogen (secondary N) is 3. The first-order chi connectivity index (χ1) is 19.0. The van der Waals surface area contributed by atoms with Crippen LogP contribution in [0.5, 0.6) is 5.75 Å². The van der Waals surface area contributed by atoms with E-state index in [0.29, 0.717) is 46.6 Å². The molecule has 2 aromatic rings. The Morgan fingerprint density at radius 2 is 1.85 bits per heavy atom. The van der Waals surface area contributed by atoms with Gasteiger partial charge in [-0.3, -0.25) is 9.59 Å². The van der Waals surface area contributed by atoms with E-state index in [1.807, 2.05) is 11.0 Å². The topological polar surface area (TPSA) is 106 Å². The van der Waals surface area contributed by atoms with Crippen molar-refractivity contribution in [3.63, 3.8) is 0 Å². The van der Waals surface area contributed by atoms with Gasteiger partial charge < -0.3 is 25.6 Å². The molecule has 2 amide bonds. The summed E-state index contributed by atoms with van der Waals surface area (Å²) in [4.78, 5) is 28.3. The molecular weight excluding hydrogens is 526 g/mol. The number of carbonyl (C=O) groups excluding carboxylic acids is 2. The first-order valence-corrected chi connectivity index (χ1v) is 14.4. The summed E-state index contributed by atoms with van der Waals surface area (Å²) in [7, 11) is 0. The molecule has 2 fully saturated rings. The van der Waals surface area contributed by atoms with Gasteiger partial charge in [0.1, 0.15) is 17.9 Å². The molecule has 0 radical (unpaired) electrons. The van der Waals surface area contributed by atoms with Gasteiger partial charge in [-0.1, -0.05) is 39.3 Å². The van der Waals surface area contributed by atoms with Crippen LogP contribution in [0.15, 0.2) is 36.4 Å². The molecule has 2 aliphatic heterocycles. The average molecular weight is 564 g/mol. The standard InChI is InChI=1S/C31H38ClN5O3/c1-30(2)28(31(3,4)29(30)40-23-7-5-20(17-33)25(32)16-23)37-18-21-15-19(6-8-24(21)27(37)39)26(38)36-14-13-35-22-9-11-34-12-10-22/h5-8,15-16,22,28-29,34-35H,9-14,18H2,1-4H3,(H,36,38)/t28-,29-. The van der Waals surface area contributed by atoms with Crippen LogP contribution in [0.2, 0.25) is 5.02 Å². The highest BCUT2D eigenvalue weighted by Crippen LogP contribution is 2.59. The van der Waals surface area contributed by atoms with Crippen molar-refractivity contribution in [3.8, 4) is 11.8 Å². The van der Waals surface area contributed by atoms with Crippen LogP contribution >= 0.6 is 11.6 Å². The van der Waals surface area contributed by atoms with Gasteiger partial charge in [0, 0.05) is 59.7 Å². The summed E-state index contributed by atoms with van der Waals surface area (Å²) < 4.78 is 6.41. The smallest absolute Gasteiger partial charge is 0.254 e. The zero-order valence-corrected chi connectivity index (χ0v) is 24.4. The highest BCUT2D eigenvalue weighted by atomic mass is 35.5. The summed E-state index contributed by atoms with van der Waals surface area (Å²) in [6.07, 6.45) is 2.04. The van der Waals surface area contributed by atoms with E-state index < -0.39 is 0 Å². The second-order valence-corrected chi connectivity index (χ2v) is 12.7. The van der Waals surface area contributed by atoms with Crippen molar-refractivity contribution >= 4 is 23.4 Å². The van der Waals surface area contributed by atoms with Crippen LogP contribution in [0.3, 0.4) is 0 Å². The molecule has 1 aliphatic carbocycles. The van der Waals surface area contributed by atoms with Gasteiger partial charge in [-0.05, 0) is 61.8 Å². The van der Waals surface area contributed by atoms with Crippen molar-refractivity contribution in [3.05, 3.63) is 63.7 Å². The number of carbonyl (C=O) groups is 2. The Morgan fingerprint density at radius 3 is 2.52 bits per heavy atom. The van der Waals surface area contributed by atoms with Crippen LogP contribution in [0.25, 0.3) is 0 Å². The molecule has 0 atom stereocenters. The molecule has 0 aromatic heterocycles. The van der Waals surface area contributed by atoms with Crippen molar-refractivity contribution in [2.45, 2.75) is 65.3 Å². The van der Waals surface area contributed by atoms with Gasteiger partial charge in [0.2, 0.25) is 0 Å². The maximum absolute atomic E-state index is 13.6. The van der Waals surface area contributed by atoms with Crippen LogP contribution in [0, 0.1) is 22.2 Å². The van der Waals surface area contributed by atoms with Crippen LogP contribution < -0.4 is 20.7 Å². The van der Waals surface area contributed by atoms with Crippen molar-refractivity contribution in [1.82, 2.24) is 20.9 Å². The van der Waals surface area contributed by atoms with Crippen molar-refractivity contribution in [1.29, 1.82) is 5.26 Å². The van der Waals surface area contributed by atoms with E-state index in [-0.39, 0.29) is 34.8 Å². The Bertz CT molecular complexity index is 1330. The van der Waals surface area contributed by atoms with Crippen molar-refractivity contribution in [2.75, 3.05) is 26.2 Å². The third-order valence-electron chi connectivity index (χ3n) is 8.77. The average Bonchev–Trinajstić information content (AvgIpc) is 3.24. The molecule has 9 heteroatoms. The highest BCUT2D eigenvalue weighted by molar-refractivity contribution is 6.31. The summed E-state index contributed by atoms with van der Waals surface area (Å²) in [6, 6.07) is 13.0. The van der Waals surface area contributed by atoms with Gasteiger partial charge in [0.25, 0.3) is 11.8 Å². The number of benzene rings is 2. The zero-order valence-electron chi connectivity index (χ0n) is 23.6. The number of piperidine rings is 1. The van der Waals surface area contributed by atoms with Gasteiger partial charge in [-0.25, -0.2) is 0 Å². The summed E-state index contributed by atoms with van der Waals surface area (Å²) in [5.74, 6) is 0.463. The molecule has 2 aromatic carbocycles. The molecule has 5 rings (SSSR count). The minimum absolute atomic E-state index is 0.0147. The second-order valence-electron chi connectivity index (χ2n) is 12.3. The lowest BCUT2D eigenvalue weighted by Crippen LogP contribution is -2.74. The van der Waals surface area contributed by atoms with E-state index in [1.165, 1.54) is 0 Å². The van der Waals surface area contributed by atoms with Crippen LogP contribution in [0.4, 0.5) is 0 Å². The van der Waals surface area contributed by atoms with E-state index in [0.717, 1.165) is 38.0 Å². The number of ether oxygens (including phenoxy) is 1. The van der Waals surface area contributed by atoms with Crippen LogP contribution in [0.1, 0.15) is 72.4 Å². The van der Waals surface area contributed by atoms with E-state index >= 15 is 0 Å². The number of halogens is 1. The number of fused-ring (bicyclic) bond motifs is 1. The van der Waals surface area contributed by atoms with E-state index in [1.54, 1.807) is 30.3 Å². The third kappa shape index (κ3) is 5.18. The minimum atomic E-state index is -0.344. The maximum atomic E-state index is 13.6. The molecule has 1 saturated carbocycles. The van der Waals surface area contributed by atoms with E-state index in [2.05, 4.69) is 49.7 Å². The van der Waals surface area contributed by atoms with Crippen LogP contribution in [-0.4, -0.2) is 61.1 Å². The quantitative estimate of drug-likeness (QED) is 0.417. The zero-order chi connectivity index (χ0) is 28.7. The Balaban J connectivity index is 1.22. The molecule has 0 bridgehead atoms. The Kier molecular flexibility index (Phi) is 7.84. The highest BCUT2D eigenvalue weighted by Gasteiger charge is 2.67. The van der Waals surface area contributed by atoms with Gasteiger partial charge in [0.05, 0.1) is 10.6 Å². The molecule has 2 heterocycles. The fourth-order valence-electron chi connectivity index (χ4n) is 7.28. The van der Waals surface area contributed by atoms with Gasteiger partial charge >= 0.3 is 0 Å². The number of hydrogen-bond acceptors (Lipinski definition) is 6. The summed E-state index contributed by atoms with van der Waals surface area (Å²) in [5, 5.41) is 19.4. The fourth-order valence-corrected chi connectivity index (χ4v) is 7.50. The van der Waals surface area contributed by atoms with Gasteiger partial charge in [-0.15, -0.1) is 0 Å². The molecule has 8 nitrogen and oxygen atoms in total. The molecule has 40 heavy (non-hydrogen) atoms. The van der Waals surface area contributed by atoms with Crippen molar-refractivity contribution < 1.29 is 14.3 Å². The molecule has 3 N–H and O–H groups in total. The molecule has 1 saturated heterocycles. The predicted octanol–water partition coefficient (Wildman–Crippen LogP) is 4.12. The molecular formula is C31H38ClN5O3. The molecule has 3 aliphatic rings. The largest absolute Gasteiger partial charge is 0.489 e. The summed E-state index contributed by atoms with van der Waals surface area (Å²) in [6.45, 7) is 12.3. The second kappa shape index (κ2) is 11.0. The maximum Gasteiger partial charge on any atom is 0.254 e. The lowest BCUT2D eigenvalue weighted by Gasteiger charge is -2.65. The number of rotatable bonds is 8.